The number of piperidine rings is 1. The van der Waals surface area contributed by atoms with Crippen molar-refractivity contribution in [3.8, 4) is 5.69 Å². The highest BCUT2D eigenvalue weighted by molar-refractivity contribution is 8.13. The van der Waals surface area contributed by atoms with E-state index in [1.807, 2.05) is 4.90 Å². The van der Waals surface area contributed by atoms with E-state index in [-0.39, 0.29) is 28.5 Å². The first-order valence-electron chi connectivity index (χ1n) is 18.2. The molecule has 3 saturated heterocycles. The Kier molecular flexibility index (Phi) is 11.2. The predicted molar refractivity (Wildman–Crippen MR) is 190 cm³/mol. The Balaban J connectivity index is 1.12. The number of benzene rings is 1. The van der Waals surface area contributed by atoms with Crippen LogP contribution in [-0.4, -0.2) is 98.6 Å². The number of aromatic nitrogens is 2. The van der Waals surface area contributed by atoms with Crippen molar-refractivity contribution in [1.82, 2.24) is 29.2 Å². The average molecular weight is 665 g/mol. The zero-order valence-corrected chi connectivity index (χ0v) is 30.0. The number of carbonyl (C=O) groups is 2. The maximum absolute atomic E-state index is 14.0. The third kappa shape index (κ3) is 7.26. The molecule has 0 radical (unpaired) electrons. The van der Waals surface area contributed by atoms with Crippen LogP contribution in [0, 0.1) is 19.8 Å². The van der Waals surface area contributed by atoms with Crippen molar-refractivity contribution in [3.05, 3.63) is 41.2 Å². The van der Waals surface area contributed by atoms with Gasteiger partial charge in [0.15, 0.2) is 0 Å². The highest BCUT2D eigenvalue weighted by Gasteiger charge is 2.53. The number of rotatable bonds is 10. The Bertz CT molecular complexity index is 1420. The lowest BCUT2D eigenvalue weighted by Crippen LogP contribution is -2.73. The average Bonchev–Trinajstić information content (AvgIpc) is 3.38. The number of morpholine rings is 1. The van der Waals surface area contributed by atoms with Crippen LogP contribution in [0.1, 0.15) is 95.0 Å². The van der Waals surface area contributed by atoms with Gasteiger partial charge in [0.1, 0.15) is 11.6 Å². The lowest BCUT2D eigenvalue weighted by atomic mass is 9.79. The fourth-order valence-corrected chi connectivity index (χ4v) is 10.1. The summed E-state index contributed by atoms with van der Waals surface area (Å²) in [6, 6.07) is 8.52. The van der Waals surface area contributed by atoms with E-state index in [0.29, 0.717) is 25.3 Å². The molecule has 1 spiro atoms. The van der Waals surface area contributed by atoms with Gasteiger partial charge in [0, 0.05) is 55.4 Å². The molecule has 4 aliphatic rings. The van der Waals surface area contributed by atoms with Crippen molar-refractivity contribution in [2.75, 3.05) is 45.9 Å². The molecule has 2 atom stereocenters. The number of likely N-dealkylation sites (tertiary alicyclic amines) is 1. The summed E-state index contributed by atoms with van der Waals surface area (Å²) < 4.78 is 10.2. The molecule has 1 N–H and O–H groups in total. The van der Waals surface area contributed by atoms with Gasteiger partial charge in [-0.25, -0.2) is 8.99 Å². The largest absolute Gasteiger partial charge is 0.379 e. The van der Waals surface area contributed by atoms with Crippen molar-refractivity contribution < 1.29 is 14.3 Å². The summed E-state index contributed by atoms with van der Waals surface area (Å²) in [6.07, 6.45) is 10.3. The highest BCUT2D eigenvalue weighted by Crippen LogP contribution is 2.37. The fraction of sp³-hybridized carbons (Fsp3) is 0.676. The molecule has 1 aromatic carbocycles. The minimum atomic E-state index is -0.725. The monoisotopic (exact) mass is 664 g/mol. The Labute approximate surface area is 284 Å². The summed E-state index contributed by atoms with van der Waals surface area (Å²) in [5.41, 5.74) is 3.80. The van der Waals surface area contributed by atoms with Gasteiger partial charge in [-0.05, 0) is 82.0 Å². The number of amides is 2. The molecular formula is C37H56N6O3S. The van der Waals surface area contributed by atoms with Crippen molar-refractivity contribution >= 4 is 27.9 Å². The second kappa shape index (κ2) is 15.3. The third-order valence-corrected chi connectivity index (χ3v) is 13.3. The summed E-state index contributed by atoms with van der Waals surface area (Å²) in [7, 11) is -0.0351. The molecule has 1 aromatic heterocycles. The van der Waals surface area contributed by atoms with Crippen LogP contribution < -0.4 is 5.32 Å². The molecule has 10 heteroatoms. The van der Waals surface area contributed by atoms with Crippen molar-refractivity contribution in [2.45, 2.75) is 115 Å². The maximum atomic E-state index is 14.0. The summed E-state index contributed by atoms with van der Waals surface area (Å²) in [4.78, 5) is 33.6. The summed E-state index contributed by atoms with van der Waals surface area (Å²) >= 11 is 0. The number of carbonyl (C=O) groups excluding carboxylic acids is 2. The lowest BCUT2D eigenvalue weighted by molar-refractivity contribution is -0.162. The van der Waals surface area contributed by atoms with E-state index in [9.17, 15) is 9.59 Å². The molecule has 4 heterocycles. The van der Waals surface area contributed by atoms with Gasteiger partial charge >= 0.3 is 0 Å². The third-order valence-electron chi connectivity index (χ3n) is 11.1. The maximum Gasteiger partial charge on any atom is 0.246 e. The van der Waals surface area contributed by atoms with Crippen LogP contribution in [0.5, 0.6) is 0 Å². The Hall–Kier alpha value is -2.53. The molecule has 4 fully saturated rings. The van der Waals surface area contributed by atoms with Crippen LogP contribution in [0.25, 0.3) is 5.69 Å². The van der Waals surface area contributed by atoms with Gasteiger partial charge in [-0.3, -0.25) is 14.5 Å². The minimum Gasteiger partial charge on any atom is -0.379 e. The number of hydrogen-bond donors (Lipinski definition) is 1. The molecular weight excluding hydrogens is 609 g/mol. The van der Waals surface area contributed by atoms with Gasteiger partial charge in [-0.2, -0.15) is 5.10 Å². The lowest BCUT2D eigenvalue weighted by Gasteiger charge is -2.52. The molecule has 2 amide bonds. The summed E-state index contributed by atoms with van der Waals surface area (Å²) in [5, 5.41) is 10.5. The molecule has 3 aliphatic heterocycles. The number of nitrogens with one attached hydrogen (secondary N) is 1. The number of unbranched alkanes of at least 4 members (excludes halogenated alkanes) is 1. The number of nitrogens with zero attached hydrogens (tertiary/aromatic N) is 5. The normalized spacial score (nSPS) is 23.8. The number of hydrogen-bond acceptors (Lipinski definition) is 6. The highest BCUT2D eigenvalue weighted by atomic mass is 32.2. The number of piperazine rings is 1. The molecule has 1 aliphatic carbocycles. The van der Waals surface area contributed by atoms with E-state index >= 15 is 0 Å². The second-order valence-corrected chi connectivity index (χ2v) is 16.2. The van der Waals surface area contributed by atoms with Crippen molar-refractivity contribution in [1.29, 1.82) is 0 Å². The van der Waals surface area contributed by atoms with E-state index in [1.165, 1.54) is 42.6 Å². The predicted octanol–water partition coefficient (Wildman–Crippen LogP) is 5.62. The second-order valence-electron chi connectivity index (χ2n) is 14.1. The fourth-order valence-electron chi connectivity index (χ4n) is 8.29. The molecule has 0 bridgehead atoms. The number of aryl methyl sites for hydroxylation is 1. The van der Waals surface area contributed by atoms with Gasteiger partial charge in [0.2, 0.25) is 11.8 Å². The van der Waals surface area contributed by atoms with Crippen LogP contribution in [0.2, 0.25) is 0 Å². The molecule has 9 nitrogen and oxygen atoms in total. The number of ether oxygens (including phenoxy) is 1. The zero-order valence-electron chi connectivity index (χ0n) is 29.1. The molecule has 2 aromatic rings. The zero-order chi connectivity index (χ0) is 33.0. The van der Waals surface area contributed by atoms with E-state index in [4.69, 9.17) is 9.84 Å². The van der Waals surface area contributed by atoms with Gasteiger partial charge in [0.25, 0.3) is 0 Å². The van der Waals surface area contributed by atoms with Crippen LogP contribution in [0.4, 0.5) is 0 Å². The molecule has 258 valence electrons. The molecule has 47 heavy (non-hydrogen) atoms. The Morgan fingerprint density at radius 3 is 2.38 bits per heavy atom. The minimum absolute atomic E-state index is 0.0351. The first kappa shape index (κ1) is 34.3. The van der Waals surface area contributed by atoms with E-state index < -0.39 is 5.54 Å². The molecule has 1 saturated carbocycles. The van der Waals surface area contributed by atoms with E-state index in [1.54, 1.807) is 0 Å². The quantitative estimate of drug-likeness (QED) is 0.332. The van der Waals surface area contributed by atoms with Gasteiger partial charge < -0.3 is 15.0 Å². The Morgan fingerprint density at radius 2 is 1.72 bits per heavy atom. The van der Waals surface area contributed by atoms with Crippen LogP contribution >= 0.6 is 10.7 Å². The van der Waals surface area contributed by atoms with Gasteiger partial charge in [-0.15, -0.1) is 0 Å². The first-order chi connectivity index (χ1) is 22.8. The summed E-state index contributed by atoms with van der Waals surface area (Å²) in [5.74, 6) is 0.786. The van der Waals surface area contributed by atoms with Gasteiger partial charge in [-0.1, -0.05) is 56.1 Å². The van der Waals surface area contributed by atoms with E-state index in [2.05, 4.69) is 76.5 Å². The topological polar surface area (TPSA) is 82.9 Å². The first-order valence-corrected chi connectivity index (χ1v) is 19.4. The van der Waals surface area contributed by atoms with Gasteiger partial charge in [0.05, 0.1) is 24.6 Å². The van der Waals surface area contributed by atoms with Crippen LogP contribution in [0.3, 0.4) is 0 Å². The smallest absolute Gasteiger partial charge is 0.246 e. The Morgan fingerprint density at radius 1 is 1.02 bits per heavy atom. The summed E-state index contributed by atoms with van der Waals surface area (Å²) in [6.45, 7) is 15.1. The van der Waals surface area contributed by atoms with Crippen molar-refractivity contribution in [3.63, 3.8) is 0 Å². The van der Waals surface area contributed by atoms with Crippen LogP contribution in [0.15, 0.2) is 29.2 Å². The van der Waals surface area contributed by atoms with Crippen LogP contribution in [-0.2, 0) is 20.9 Å². The van der Waals surface area contributed by atoms with Crippen molar-refractivity contribution in [2.24, 2.45) is 5.92 Å². The standard InChI is InChI=1S/C37H56N6O3S/c1-5-7-19-42-35(44)34(26-30-11-9-8-10-12-30)38-36(45)37(42)17-20-40(21-18-37)27-33-28(3)39-43(29(33)4)31-13-15-32(16-14-31)47(6-2)41-22-24-46-25-23-41/h6,13-16,30,34H,5,7-12,17-27H2,1-4H3,(H,38,45)/t34-,47?/m0/s1. The van der Waals surface area contributed by atoms with E-state index in [0.717, 1.165) is 82.3 Å². The molecule has 1 unspecified atom stereocenters. The SMILES string of the molecule is C/C=S(\c1ccc(-n2nc(C)c(CN3CCC4(CC3)C(=O)N[C@@H](CC3CCCCC3)C(=O)N4CCCC)c2C)cc1)N1CCOCC1. The molecule has 6 rings (SSSR count).